The lowest BCUT2D eigenvalue weighted by molar-refractivity contribution is 0.0526. The summed E-state index contributed by atoms with van der Waals surface area (Å²) in [4.78, 5) is 23.6. The Kier molecular flexibility index (Phi) is 6.89. The summed E-state index contributed by atoms with van der Waals surface area (Å²) in [6.45, 7) is 3.76. The van der Waals surface area contributed by atoms with Gasteiger partial charge in [0.05, 0.1) is 37.9 Å². The Bertz CT molecular complexity index is 1100. The minimum Gasteiger partial charge on any atom is -0.382 e. The van der Waals surface area contributed by atoms with E-state index in [1.807, 2.05) is 18.9 Å². The summed E-state index contributed by atoms with van der Waals surface area (Å²) < 4.78 is 40.4. The lowest BCUT2D eigenvalue weighted by Gasteiger charge is -2.31. The molecule has 2 atom stereocenters. The predicted octanol–water partition coefficient (Wildman–Crippen LogP) is 2.05. The summed E-state index contributed by atoms with van der Waals surface area (Å²) in [6.07, 6.45) is 4.38. The first-order valence-electron chi connectivity index (χ1n) is 10.4. The van der Waals surface area contributed by atoms with E-state index in [9.17, 15) is 8.78 Å². The van der Waals surface area contributed by atoms with Crippen molar-refractivity contribution >= 4 is 23.7 Å². The van der Waals surface area contributed by atoms with Crippen LogP contribution in [0.2, 0.25) is 0 Å². The van der Waals surface area contributed by atoms with Gasteiger partial charge in [0, 0.05) is 39.5 Å². The maximum atomic E-state index is 14.4. The summed E-state index contributed by atoms with van der Waals surface area (Å²) in [5.74, 6) is -0.166. The smallest absolute Gasteiger partial charge is 0.235 e. The Morgan fingerprint density at radius 3 is 2.76 bits per heavy atom. The molecule has 0 radical (unpaired) electrons. The van der Waals surface area contributed by atoms with Crippen molar-refractivity contribution in [2.45, 2.75) is 19.1 Å². The zero-order valence-corrected chi connectivity index (χ0v) is 18.5. The first-order chi connectivity index (χ1) is 15.9. The normalized spacial score (nSPS) is 17.1. The maximum absolute atomic E-state index is 14.4. The Labute approximate surface area is 189 Å². The van der Waals surface area contributed by atoms with E-state index in [4.69, 9.17) is 9.47 Å². The van der Waals surface area contributed by atoms with E-state index in [1.165, 1.54) is 7.11 Å². The van der Waals surface area contributed by atoms with Crippen LogP contribution >= 0.6 is 0 Å². The predicted molar refractivity (Wildman–Crippen MR) is 116 cm³/mol. The van der Waals surface area contributed by atoms with Crippen molar-refractivity contribution in [3.63, 3.8) is 0 Å². The van der Waals surface area contributed by atoms with Crippen LogP contribution in [-0.4, -0.2) is 69.0 Å². The molecule has 0 aliphatic carbocycles. The lowest BCUT2D eigenvalue weighted by atomic mass is 10.2. The average molecular weight is 461 g/mol. The molecule has 0 bridgehead atoms. The van der Waals surface area contributed by atoms with Gasteiger partial charge in [-0.3, -0.25) is 4.98 Å². The van der Waals surface area contributed by atoms with Crippen LogP contribution in [0.3, 0.4) is 0 Å². The number of imidazole rings is 1. The average Bonchev–Trinajstić information content (AvgIpc) is 3.18. The summed E-state index contributed by atoms with van der Waals surface area (Å²) in [5.41, 5.74) is -0.0144. The van der Waals surface area contributed by atoms with Crippen LogP contribution in [-0.2, 0) is 16.5 Å². The number of hydrogen-bond acceptors (Lipinski definition) is 10. The van der Waals surface area contributed by atoms with Crippen LogP contribution in [0.5, 0.6) is 0 Å². The molecule has 33 heavy (non-hydrogen) atoms. The summed E-state index contributed by atoms with van der Waals surface area (Å²) in [5, 5.41) is 6.10. The molecule has 1 saturated heterocycles. The fourth-order valence-electron chi connectivity index (χ4n) is 3.41. The van der Waals surface area contributed by atoms with Crippen molar-refractivity contribution in [2.24, 2.45) is 7.05 Å². The molecule has 3 aromatic rings. The van der Waals surface area contributed by atoms with Crippen LogP contribution in [0.4, 0.5) is 32.4 Å². The molecule has 0 aromatic carbocycles. The van der Waals surface area contributed by atoms with Gasteiger partial charge >= 0.3 is 0 Å². The number of aryl methyl sites for hydroxylation is 1. The monoisotopic (exact) mass is 461 g/mol. The topological polar surface area (TPSA) is 115 Å². The molecule has 1 aliphatic rings. The van der Waals surface area contributed by atoms with E-state index in [0.29, 0.717) is 31.5 Å². The maximum Gasteiger partial charge on any atom is 0.235 e. The highest BCUT2D eigenvalue weighted by atomic mass is 19.1. The van der Waals surface area contributed by atoms with Crippen molar-refractivity contribution in [3.8, 4) is 0 Å². The van der Waals surface area contributed by atoms with Crippen molar-refractivity contribution < 1.29 is 18.3 Å². The van der Waals surface area contributed by atoms with Gasteiger partial charge in [-0.05, 0) is 6.92 Å². The van der Waals surface area contributed by atoms with E-state index < -0.39 is 17.7 Å². The van der Waals surface area contributed by atoms with E-state index in [-0.39, 0.29) is 30.3 Å². The molecule has 2 unspecified atom stereocenters. The Hall–Kier alpha value is -3.45. The van der Waals surface area contributed by atoms with Crippen molar-refractivity contribution in [2.75, 3.05) is 48.9 Å². The number of morpholine rings is 1. The molecular weight excluding hydrogens is 436 g/mol. The third kappa shape index (κ3) is 5.68. The van der Waals surface area contributed by atoms with Gasteiger partial charge in [-0.15, -0.1) is 0 Å². The highest BCUT2D eigenvalue weighted by Crippen LogP contribution is 2.23. The minimum absolute atomic E-state index is 0.0119. The Morgan fingerprint density at radius 2 is 2.06 bits per heavy atom. The molecule has 2 N–H and O–H groups in total. The first-order valence-corrected chi connectivity index (χ1v) is 10.4. The molecule has 0 spiro atoms. The Balaban J connectivity index is 1.66. The van der Waals surface area contributed by atoms with E-state index in [1.54, 1.807) is 17.1 Å². The van der Waals surface area contributed by atoms with Crippen LogP contribution in [0.1, 0.15) is 18.7 Å². The number of anilines is 4. The SMILES string of the molecule is COCC(Nc1nc(Nc2cn(C)cn2)nc(N2CCOC(C)C2)n1)c1ncc(F)cc1F. The van der Waals surface area contributed by atoms with Crippen LogP contribution in [0, 0.1) is 11.6 Å². The highest BCUT2D eigenvalue weighted by molar-refractivity contribution is 5.52. The van der Waals surface area contributed by atoms with Gasteiger partial charge in [0.15, 0.2) is 5.82 Å². The van der Waals surface area contributed by atoms with Gasteiger partial charge in [0.2, 0.25) is 17.8 Å². The number of methoxy groups -OCH3 is 1. The summed E-state index contributed by atoms with van der Waals surface area (Å²) in [7, 11) is 3.32. The van der Waals surface area contributed by atoms with Gasteiger partial charge in [0.1, 0.15) is 17.3 Å². The molecule has 1 fully saturated rings. The fourth-order valence-corrected chi connectivity index (χ4v) is 3.41. The molecular formula is C20H25F2N9O2. The van der Waals surface area contributed by atoms with Gasteiger partial charge in [0.25, 0.3) is 0 Å². The molecule has 0 saturated carbocycles. The molecule has 4 rings (SSSR count). The third-order valence-electron chi connectivity index (χ3n) is 4.90. The van der Waals surface area contributed by atoms with Gasteiger partial charge in [-0.1, -0.05) is 0 Å². The van der Waals surface area contributed by atoms with E-state index in [0.717, 1.165) is 12.3 Å². The van der Waals surface area contributed by atoms with Crippen LogP contribution in [0.15, 0.2) is 24.8 Å². The zero-order chi connectivity index (χ0) is 23.4. The molecule has 4 heterocycles. The number of rotatable bonds is 8. The molecule has 11 nitrogen and oxygen atoms in total. The lowest BCUT2D eigenvalue weighted by Crippen LogP contribution is -2.42. The number of nitrogens with zero attached hydrogens (tertiary/aromatic N) is 7. The van der Waals surface area contributed by atoms with Gasteiger partial charge < -0.3 is 29.6 Å². The Morgan fingerprint density at radius 1 is 1.24 bits per heavy atom. The van der Waals surface area contributed by atoms with E-state index >= 15 is 0 Å². The molecule has 1 aliphatic heterocycles. The molecule has 3 aromatic heterocycles. The fraction of sp³-hybridized carbons (Fsp3) is 0.450. The molecule has 0 amide bonds. The summed E-state index contributed by atoms with van der Waals surface area (Å²) in [6, 6.07) is 0.00599. The minimum atomic E-state index is -0.798. The number of pyridine rings is 1. The van der Waals surface area contributed by atoms with Gasteiger partial charge in [-0.2, -0.15) is 15.0 Å². The third-order valence-corrected chi connectivity index (χ3v) is 4.90. The number of halogens is 2. The van der Waals surface area contributed by atoms with Crippen LogP contribution in [0.25, 0.3) is 0 Å². The second kappa shape index (κ2) is 10.0. The van der Waals surface area contributed by atoms with Crippen LogP contribution < -0.4 is 15.5 Å². The number of aromatic nitrogens is 6. The van der Waals surface area contributed by atoms with Gasteiger partial charge in [-0.25, -0.2) is 13.8 Å². The van der Waals surface area contributed by atoms with E-state index in [2.05, 4.69) is 35.6 Å². The molecule has 176 valence electrons. The second-order valence-corrected chi connectivity index (χ2v) is 7.63. The largest absolute Gasteiger partial charge is 0.382 e. The van der Waals surface area contributed by atoms with Crippen molar-refractivity contribution in [1.29, 1.82) is 0 Å². The summed E-state index contributed by atoms with van der Waals surface area (Å²) >= 11 is 0. The second-order valence-electron chi connectivity index (χ2n) is 7.63. The number of hydrogen-bond donors (Lipinski definition) is 2. The van der Waals surface area contributed by atoms with Crippen molar-refractivity contribution in [1.82, 2.24) is 29.5 Å². The standard InChI is InChI=1S/C20H25F2N9O2/c1-12-8-31(4-5-33-12)20-28-18(27-19(29-20)26-16-9-30(2)11-24-16)25-15(10-32-3)17-14(22)6-13(21)7-23-17/h6-7,9,11-12,15H,4-5,8,10H2,1-3H3,(H2,25,26,27,28,29). The van der Waals surface area contributed by atoms with Crippen molar-refractivity contribution in [3.05, 3.63) is 42.1 Å². The quantitative estimate of drug-likeness (QED) is 0.516. The zero-order valence-electron chi connectivity index (χ0n) is 18.5. The number of nitrogens with one attached hydrogen (secondary N) is 2. The number of ether oxygens (including phenoxy) is 2. The highest BCUT2D eigenvalue weighted by Gasteiger charge is 2.23. The first kappa shape index (κ1) is 22.7. The molecule has 13 heteroatoms.